The number of rotatable bonds is 3. The first kappa shape index (κ1) is 19.5. The maximum Gasteiger partial charge on any atom is 0.414 e. The highest BCUT2D eigenvalue weighted by molar-refractivity contribution is 9.10. The quantitative estimate of drug-likeness (QED) is 0.625. The lowest BCUT2D eigenvalue weighted by molar-refractivity contribution is 0.136. The molecule has 2 heterocycles. The molecule has 0 radical (unpaired) electrons. The van der Waals surface area contributed by atoms with E-state index in [1.165, 1.54) is 6.07 Å². The van der Waals surface area contributed by atoms with Crippen LogP contribution in [0.15, 0.2) is 45.8 Å². The molecule has 148 valence electrons. The van der Waals surface area contributed by atoms with Crippen LogP contribution in [0.1, 0.15) is 18.4 Å². The lowest BCUT2D eigenvalue weighted by atomic mass is 10.0. The van der Waals surface area contributed by atoms with Crippen molar-refractivity contribution in [2.45, 2.75) is 30.4 Å². The zero-order valence-electron chi connectivity index (χ0n) is 14.7. The third kappa shape index (κ3) is 3.58. The topological polar surface area (TPSA) is 49.9 Å². The summed E-state index contributed by atoms with van der Waals surface area (Å²) in [7, 11) is -1.75. The predicted molar refractivity (Wildman–Crippen MR) is 104 cm³/mol. The highest BCUT2D eigenvalue weighted by atomic mass is 79.9. The normalized spacial score (nSPS) is 19.2. The second-order valence-electron chi connectivity index (χ2n) is 6.66. The summed E-state index contributed by atoms with van der Waals surface area (Å²) >= 11 is 3.00. The van der Waals surface area contributed by atoms with E-state index in [1.807, 2.05) is 24.3 Å². The molecule has 9 heteroatoms. The van der Waals surface area contributed by atoms with E-state index in [0.29, 0.717) is 25.9 Å². The van der Waals surface area contributed by atoms with E-state index in [4.69, 9.17) is 4.74 Å². The van der Waals surface area contributed by atoms with Crippen molar-refractivity contribution in [3.8, 4) is 0 Å². The van der Waals surface area contributed by atoms with E-state index in [2.05, 4.69) is 15.9 Å². The van der Waals surface area contributed by atoms with Gasteiger partial charge in [0.15, 0.2) is 0 Å². The molecule has 2 aromatic rings. The summed E-state index contributed by atoms with van der Waals surface area (Å²) in [5.41, 5.74) is 1.79. The molecule has 1 saturated heterocycles. The number of para-hydroxylation sites is 1. The fourth-order valence-corrected chi connectivity index (χ4v) is 5.32. The van der Waals surface area contributed by atoms with Crippen molar-refractivity contribution in [3.05, 3.63) is 58.1 Å². The minimum Gasteiger partial charge on any atom is -0.444 e. The summed E-state index contributed by atoms with van der Waals surface area (Å²) in [6.45, 7) is 1.09. The average Bonchev–Trinajstić information content (AvgIpc) is 2.70. The highest BCUT2D eigenvalue weighted by Crippen LogP contribution is 2.33. The van der Waals surface area contributed by atoms with Crippen LogP contribution in [0.3, 0.4) is 0 Å². The molecule has 1 amide bonds. The number of ether oxygens (including phenoxy) is 1. The Morgan fingerprint density at radius 2 is 1.82 bits per heavy atom. The minimum absolute atomic E-state index is 0.0607. The number of piperidine rings is 1. The van der Waals surface area contributed by atoms with Gasteiger partial charge in [0.2, 0.25) is 0 Å². The van der Waals surface area contributed by atoms with Crippen molar-refractivity contribution in [2.24, 2.45) is 0 Å². The van der Waals surface area contributed by atoms with Gasteiger partial charge in [0.05, 0.1) is 15.1 Å². The van der Waals surface area contributed by atoms with Crippen LogP contribution >= 0.6 is 15.9 Å². The van der Waals surface area contributed by atoms with Crippen LogP contribution in [0, 0.1) is 11.6 Å². The van der Waals surface area contributed by atoms with Crippen molar-refractivity contribution in [3.63, 3.8) is 0 Å². The van der Waals surface area contributed by atoms with Gasteiger partial charge < -0.3 is 4.74 Å². The first-order valence-electron chi connectivity index (χ1n) is 8.81. The predicted octanol–water partition coefficient (Wildman–Crippen LogP) is 4.37. The van der Waals surface area contributed by atoms with E-state index in [1.54, 1.807) is 9.21 Å². The summed E-state index contributed by atoms with van der Waals surface area (Å²) in [5, 5.41) is 0. The lowest BCUT2D eigenvalue weighted by Gasteiger charge is -2.39. The SMILES string of the molecule is O=C1OCc2ccccc2N1C1CCN(S(=O)c2cc(Br)c(F)cc2F)CC1. The minimum atomic E-state index is -1.75. The van der Waals surface area contributed by atoms with Crippen molar-refractivity contribution in [1.29, 1.82) is 0 Å². The average molecular weight is 471 g/mol. The highest BCUT2D eigenvalue weighted by Gasteiger charge is 2.35. The van der Waals surface area contributed by atoms with E-state index >= 15 is 0 Å². The summed E-state index contributed by atoms with van der Waals surface area (Å²) in [6.07, 6.45) is 0.755. The number of benzene rings is 2. The van der Waals surface area contributed by atoms with Gasteiger partial charge >= 0.3 is 6.09 Å². The molecule has 2 aromatic carbocycles. The van der Waals surface area contributed by atoms with Gasteiger partial charge in [-0.3, -0.25) is 4.90 Å². The number of carbonyl (C=O) groups excluding carboxylic acids is 1. The van der Waals surface area contributed by atoms with Crippen molar-refractivity contribution in [2.75, 3.05) is 18.0 Å². The number of carbonyl (C=O) groups is 1. The molecular formula is C19H17BrF2N2O3S. The Balaban J connectivity index is 1.49. The van der Waals surface area contributed by atoms with Gasteiger partial charge in [0.1, 0.15) is 29.2 Å². The van der Waals surface area contributed by atoms with E-state index in [-0.39, 0.29) is 28.1 Å². The van der Waals surface area contributed by atoms with Gasteiger partial charge in [0, 0.05) is 30.8 Å². The van der Waals surface area contributed by atoms with Crippen LogP contribution < -0.4 is 4.90 Å². The maximum atomic E-state index is 14.1. The molecule has 2 aliphatic heterocycles. The fourth-order valence-electron chi connectivity index (χ4n) is 3.56. The van der Waals surface area contributed by atoms with Crippen LogP contribution in [0.25, 0.3) is 0 Å². The summed E-state index contributed by atoms with van der Waals surface area (Å²) in [4.78, 5) is 13.9. The molecule has 1 unspecified atom stereocenters. The summed E-state index contributed by atoms with van der Waals surface area (Å²) in [5.74, 6) is -1.58. The summed E-state index contributed by atoms with van der Waals surface area (Å²) < 4.78 is 47.3. The first-order valence-corrected chi connectivity index (χ1v) is 10.7. The molecule has 4 rings (SSSR count). The molecule has 1 fully saturated rings. The molecule has 28 heavy (non-hydrogen) atoms. The zero-order chi connectivity index (χ0) is 19.8. The molecule has 0 saturated carbocycles. The Morgan fingerprint density at radius 3 is 2.57 bits per heavy atom. The second kappa shape index (κ2) is 7.88. The number of cyclic esters (lactones) is 1. The first-order chi connectivity index (χ1) is 13.5. The van der Waals surface area contributed by atoms with Gasteiger partial charge in [-0.1, -0.05) is 18.2 Å². The van der Waals surface area contributed by atoms with E-state index in [9.17, 15) is 17.8 Å². The standard InChI is InChI=1S/C19H17BrF2N2O3S/c20-14-9-18(16(22)10-15(14)21)28(26)23-7-5-13(6-8-23)24-17-4-2-1-3-12(17)11-27-19(24)25/h1-4,9-10,13H,5-8,11H2. The Hall–Kier alpha value is -1.84. The van der Waals surface area contributed by atoms with Gasteiger partial charge in [-0.2, -0.15) is 0 Å². The van der Waals surface area contributed by atoms with Gasteiger partial charge in [-0.15, -0.1) is 0 Å². The number of halogens is 3. The van der Waals surface area contributed by atoms with Gasteiger partial charge in [-0.25, -0.2) is 22.1 Å². The molecule has 0 spiro atoms. The molecular weight excluding hydrogens is 454 g/mol. The Morgan fingerprint density at radius 1 is 1.11 bits per heavy atom. The lowest BCUT2D eigenvalue weighted by Crippen LogP contribution is -2.49. The van der Waals surface area contributed by atoms with Crippen LogP contribution in [0.5, 0.6) is 0 Å². The number of amides is 1. The van der Waals surface area contributed by atoms with Crippen molar-refractivity contribution < 1.29 is 22.5 Å². The van der Waals surface area contributed by atoms with Gasteiger partial charge in [-0.05, 0) is 40.9 Å². The number of hydrogen-bond donors (Lipinski definition) is 0. The van der Waals surface area contributed by atoms with Crippen LogP contribution in [-0.2, 0) is 22.3 Å². The monoisotopic (exact) mass is 470 g/mol. The van der Waals surface area contributed by atoms with E-state index in [0.717, 1.165) is 17.3 Å². The van der Waals surface area contributed by atoms with Crippen LogP contribution in [0.4, 0.5) is 19.3 Å². The molecule has 5 nitrogen and oxygen atoms in total. The molecule has 0 aliphatic carbocycles. The third-order valence-electron chi connectivity index (χ3n) is 4.99. The molecule has 0 N–H and O–H groups in total. The number of fused-ring (bicyclic) bond motifs is 1. The number of anilines is 1. The Labute approximate surface area is 172 Å². The van der Waals surface area contributed by atoms with Crippen LogP contribution in [0.2, 0.25) is 0 Å². The number of nitrogens with zero attached hydrogens (tertiary/aromatic N) is 2. The second-order valence-corrected chi connectivity index (χ2v) is 8.97. The van der Waals surface area contributed by atoms with Crippen molar-refractivity contribution >= 4 is 38.7 Å². The summed E-state index contributed by atoms with van der Waals surface area (Å²) in [6, 6.07) is 9.45. The molecule has 0 bridgehead atoms. The largest absolute Gasteiger partial charge is 0.444 e. The van der Waals surface area contributed by atoms with Crippen LogP contribution in [-0.4, -0.2) is 33.7 Å². The van der Waals surface area contributed by atoms with E-state index < -0.39 is 22.6 Å². The molecule has 0 aromatic heterocycles. The third-order valence-corrected chi connectivity index (χ3v) is 7.12. The zero-order valence-corrected chi connectivity index (χ0v) is 17.1. The fraction of sp³-hybridized carbons (Fsp3) is 0.316. The van der Waals surface area contributed by atoms with Gasteiger partial charge in [0.25, 0.3) is 0 Å². The van der Waals surface area contributed by atoms with Crippen molar-refractivity contribution in [1.82, 2.24) is 4.31 Å². The molecule has 1 atom stereocenters. The smallest absolute Gasteiger partial charge is 0.414 e. The Kier molecular flexibility index (Phi) is 5.48. The maximum absolute atomic E-state index is 14.1. The molecule has 2 aliphatic rings. The number of hydrogen-bond acceptors (Lipinski definition) is 3. The Bertz CT molecular complexity index is 951.